The Bertz CT molecular complexity index is 95.1. The van der Waals surface area contributed by atoms with Gasteiger partial charge in [-0.15, -0.1) is 0 Å². The molecule has 1 unspecified atom stereocenters. The minimum absolute atomic E-state index is 0.441. The number of alkyl halides is 2. The third kappa shape index (κ3) is 6.03. The molecular formula is C7H12BrF. The van der Waals surface area contributed by atoms with Crippen LogP contribution in [0.1, 0.15) is 20.3 Å². The van der Waals surface area contributed by atoms with E-state index >= 15 is 0 Å². The molecule has 0 aliphatic rings. The molecular weight excluding hydrogens is 183 g/mol. The quantitative estimate of drug-likeness (QED) is 0.479. The molecule has 1 atom stereocenters. The average molecular weight is 195 g/mol. The maximum Gasteiger partial charge on any atom is 0.113 e. The van der Waals surface area contributed by atoms with E-state index in [2.05, 4.69) is 15.9 Å². The van der Waals surface area contributed by atoms with Crippen molar-refractivity contribution in [3.63, 3.8) is 0 Å². The van der Waals surface area contributed by atoms with Gasteiger partial charge in [0.1, 0.15) is 6.17 Å². The largest absolute Gasteiger partial charge is 0.246 e. The van der Waals surface area contributed by atoms with Gasteiger partial charge in [0.15, 0.2) is 0 Å². The van der Waals surface area contributed by atoms with Gasteiger partial charge < -0.3 is 0 Å². The van der Waals surface area contributed by atoms with Crippen LogP contribution in [0.2, 0.25) is 0 Å². The van der Waals surface area contributed by atoms with E-state index in [0.717, 1.165) is 0 Å². The van der Waals surface area contributed by atoms with Crippen molar-refractivity contribution in [3.05, 3.63) is 11.6 Å². The molecule has 0 N–H and O–H groups in total. The maximum absolute atomic E-state index is 12.4. The van der Waals surface area contributed by atoms with Gasteiger partial charge >= 0.3 is 0 Å². The van der Waals surface area contributed by atoms with Gasteiger partial charge in [0, 0.05) is 5.33 Å². The summed E-state index contributed by atoms with van der Waals surface area (Å²) in [4.78, 5) is 0. The number of hydrogen-bond donors (Lipinski definition) is 0. The lowest BCUT2D eigenvalue weighted by Crippen LogP contribution is -1.98. The molecule has 0 heterocycles. The van der Waals surface area contributed by atoms with Crippen molar-refractivity contribution in [1.82, 2.24) is 0 Å². The predicted octanol–water partition coefficient (Wildman–Crippen LogP) is 3.08. The molecule has 0 bridgehead atoms. The van der Waals surface area contributed by atoms with Crippen LogP contribution in [0, 0.1) is 0 Å². The van der Waals surface area contributed by atoms with Crippen LogP contribution in [-0.2, 0) is 0 Å². The molecule has 0 fully saturated rings. The van der Waals surface area contributed by atoms with Crippen molar-refractivity contribution in [1.29, 1.82) is 0 Å². The number of hydrogen-bond acceptors (Lipinski definition) is 0. The van der Waals surface area contributed by atoms with Gasteiger partial charge in [-0.3, -0.25) is 0 Å². The summed E-state index contributed by atoms with van der Waals surface area (Å²) in [5, 5.41) is 0.441. The van der Waals surface area contributed by atoms with E-state index in [1.54, 1.807) is 0 Å². The normalized spacial score (nSPS) is 12.9. The fourth-order valence-corrected chi connectivity index (χ4v) is 0.691. The van der Waals surface area contributed by atoms with Crippen LogP contribution in [0.15, 0.2) is 11.6 Å². The van der Waals surface area contributed by atoms with Gasteiger partial charge in [-0.25, -0.2) is 4.39 Å². The summed E-state index contributed by atoms with van der Waals surface area (Å²) < 4.78 is 12.4. The Kier molecular flexibility index (Phi) is 5.06. The fourth-order valence-electron chi connectivity index (χ4n) is 0.427. The lowest BCUT2D eigenvalue weighted by Gasteiger charge is -1.97. The van der Waals surface area contributed by atoms with E-state index in [9.17, 15) is 4.39 Å². The minimum Gasteiger partial charge on any atom is -0.246 e. The van der Waals surface area contributed by atoms with E-state index in [-0.39, 0.29) is 0 Å². The highest BCUT2D eigenvalue weighted by molar-refractivity contribution is 9.09. The standard InChI is InChI=1S/C7H12BrF/c1-6(2)3-4-7(9)5-8/h3,7H,4-5H2,1-2H3. The summed E-state index contributed by atoms with van der Waals surface area (Å²) in [7, 11) is 0. The monoisotopic (exact) mass is 194 g/mol. The molecule has 0 rings (SSSR count). The molecule has 0 nitrogen and oxygen atoms in total. The molecule has 0 aromatic carbocycles. The van der Waals surface area contributed by atoms with Crippen LogP contribution in [0.5, 0.6) is 0 Å². The molecule has 0 aliphatic carbocycles. The van der Waals surface area contributed by atoms with Crippen LogP contribution in [0.4, 0.5) is 4.39 Å². The molecule has 0 spiro atoms. The van der Waals surface area contributed by atoms with E-state index < -0.39 is 6.17 Å². The Labute approximate surface area is 64.3 Å². The van der Waals surface area contributed by atoms with Crippen LogP contribution >= 0.6 is 15.9 Å². The topological polar surface area (TPSA) is 0 Å². The smallest absolute Gasteiger partial charge is 0.113 e. The molecule has 54 valence electrons. The lowest BCUT2D eigenvalue weighted by atomic mass is 10.2. The van der Waals surface area contributed by atoms with E-state index in [0.29, 0.717) is 11.8 Å². The first kappa shape index (κ1) is 9.15. The van der Waals surface area contributed by atoms with Gasteiger partial charge in [-0.1, -0.05) is 27.6 Å². The van der Waals surface area contributed by atoms with Gasteiger partial charge in [-0.05, 0) is 20.3 Å². The molecule has 0 saturated heterocycles. The zero-order valence-electron chi connectivity index (χ0n) is 5.82. The van der Waals surface area contributed by atoms with Crippen LogP contribution in [-0.4, -0.2) is 11.5 Å². The summed E-state index contributed by atoms with van der Waals surface area (Å²) in [5.41, 5.74) is 1.18. The van der Waals surface area contributed by atoms with Crippen molar-refractivity contribution < 1.29 is 4.39 Å². The second kappa shape index (κ2) is 4.98. The average Bonchev–Trinajstić information content (AvgIpc) is 1.83. The van der Waals surface area contributed by atoms with Crippen LogP contribution in [0.25, 0.3) is 0 Å². The van der Waals surface area contributed by atoms with Crippen LogP contribution in [0.3, 0.4) is 0 Å². The number of allylic oxidation sites excluding steroid dienone is 2. The van der Waals surface area contributed by atoms with Gasteiger partial charge in [0.2, 0.25) is 0 Å². The first-order valence-corrected chi connectivity index (χ1v) is 4.12. The maximum atomic E-state index is 12.4. The highest BCUT2D eigenvalue weighted by Gasteiger charge is 1.99. The first-order chi connectivity index (χ1) is 4.16. The zero-order chi connectivity index (χ0) is 7.28. The summed E-state index contributed by atoms with van der Waals surface area (Å²) in [5.74, 6) is 0. The third-order valence-electron chi connectivity index (χ3n) is 0.949. The number of rotatable bonds is 3. The Morgan fingerprint density at radius 2 is 2.22 bits per heavy atom. The molecule has 0 radical (unpaired) electrons. The number of halogens is 2. The van der Waals surface area contributed by atoms with Gasteiger partial charge in [0.05, 0.1) is 0 Å². The Hall–Kier alpha value is 0.150. The van der Waals surface area contributed by atoms with E-state index in [4.69, 9.17) is 0 Å². The van der Waals surface area contributed by atoms with Crippen LogP contribution < -0.4 is 0 Å². The van der Waals surface area contributed by atoms with Crippen molar-refractivity contribution >= 4 is 15.9 Å². The Morgan fingerprint density at radius 3 is 2.56 bits per heavy atom. The first-order valence-electron chi connectivity index (χ1n) is 3.00. The summed E-state index contributed by atoms with van der Waals surface area (Å²) in [6, 6.07) is 0. The molecule has 0 aliphatic heterocycles. The predicted molar refractivity (Wildman–Crippen MR) is 42.7 cm³/mol. The Balaban J connectivity index is 3.37. The van der Waals surface area contributed by atoms with Crippen molar-refractivity contribution in [2.75, 3.05) is 5.33 Å². The molecule has 0 amide bonds. The third-order valence-corrected chi connectivity index (χ3v) is 1.65. The minimum atomic E-state index is -0.722. The van der Waals surface area contributed by atoms with Gasteiger partial charge in [-0.2, -0.15) is 0 Å². The second-order valence-corrected chi connectivity index (χ2v) is 2.92. The summed E-state index contributed by atoms with van der Waals surface area (Å²) >= 11 is 3.06. The second-order valence-electron chi connectivity index (χ2n) is 2.27. The summed E-state index contributed by atoms with van der Waals surface area (Å²) in [6.45, 7) is 3.95. The van der Waals surface area contributed by atoms with E-state index in [1.165, 1.54) is 5.57 Å². The molecule has 0 aromatic rings. The van der Waals surface area contributed by atoms with Crippen molar-refractivity contribution in [2.24, 2.45) is 0 Å². The fraction of sp³-hybridized carbons (Fsp3) is 0.714. The lowest BCUT2D eigenvalue weighted by molar-refractivity contribution is 0.373. The zero-order valence-corrected chi connectivity index (χ0v) is 7.41. The Morgan fingerprint density at radius 1 is 1.67 bits per heavy atom. The molecule has 2 heteroatoms. The molecule has 0 aromatic heterocycles. The van der Waals surface area contributed by atoms with E-state index in [1.807, 2.05) is 19.9 Å². The highest BCUT2D eigenvalue weighted by Crippen LogP contribution is 2.04. The SMILES string of the molecule is CC(C)=CCC(F)CBr. The van der Waals surface area contributed by atoms with Gasteiger partial charge in [0.25, 0.3) is 0 Å². The summed E-state index contributed by atoms with van der Waals surface area (Å²) in [6.07, 6.45) is 1.72. The molecule has 0 saturated carbocycles. The molecule has 9 heavy (non-hydrogen) atoms. The van der Waals surface area contributed by atoms with Crippen molar-refractivity contribution in [2.45, 2.75) is 26.4 Å². The van der Waals surface area contributed by atoms with Crippen molar-refractivity contribution in [3.8, 4) is 0 Å². The highest BCUT2D eigenvalue weighted by atomic mass is 79.9.